The molecular weight excluding hydrogens is 424 g/mol. The zero-order chi connectivity index (χ0) is 24.3. The van der Waals surface area contributed by atoms with Crippen LogP contribution in [0.4, 0.5) is 11.4 Å². The summed E-state index contributed by atoms with van der Waals surface area (Å²) in [4.78, 5) is 25.8. The molecule has 0 aliphatic heterocycles. The number of nitrogens with zero attached hydrogens (tertiary/aromatic N) is 1. The number of hydrogen-bond acceptors (Lipinski definition) is 5. The van der Waals surface area contributed by atoms with Crippen molar-refractivity contribution in [2.75, 3.05) is 36.5 Å². The maximum Gasteiger partial charge on any atom is 0.338 e. The molecule has 0 amide bonds. The number of ketones is 1. The van der Waals surface area contributed by atoms with Gasteiger partial charge in [-0.2, -0.15) is 0 Å². The van der Waals surface area contributed by atoms with E-state index in [0.29, 0.717) is 17.7 Å². The predicted octanol–water partition coefficient (Wildman–Crippen LogP) is 6.17. The van der Waals surface area contributed by atoms with Gasteiger partial charge < -0.3 is 15.0 Å². The molecule has 176 valence electrons. The summed E-state index contributed by atoms with van der Waals surface area (Å²) in [6.07, 6.45) is 4.20. The van der Waals surface area contributed by atoms with Crippen molar-refractivity contribution in [3.05, 3.63) is 95.1 Å². The molecule has 5 nitrogen and oxygen atoms in total. The molecule has 0 aliphatic rings. The van der Waals surface area contributed by atoms with E-state index in [-0.39, 0.29) is 12.4 Å². The van der Waals surface area contributed by atoms with Crippen molar-refractivity contribution in [3.8, 4) is 0 Å². The quantitative estimate of drug-likeness (QED) is 0.162. The summed E-state index contributed by atoms with van der Waals surface area (Å²) in [5.74, 6) is -0.433. The molecule has 0 atom stereocenters. The van der Waals surface area contributed by atoms with Gasteiger partial charge in [0.05, 0.1) is 5.56 Å². The van der Waals surface area contributed by atoms with Crippen molar-refractivity contribution in [1.29, 1.82) is 0 Å². The molecule has 0 aromatic heterocycles. The molecule has 0 radical (unpaired) electrons. The van der Waals surface area contributed by atoms with Gasteiger partial charge in [-0.15, -0.1) is 0 Å². The van der Waals surface area contributed by atoms with Crippen molar-refractivity contribution in [2.24, 2.45) is 0 Å². The van der Waals surface area contributed by atoms with Crippen LogP contribution in [0.3, 0.4) is 0 Å². The SMILES string of the molecule is CCN(CC)c1ccc(/C=C/c2ccc(NCCOC(=O)c3ccc(C(C)=O)cc3)cc2)cc1. The van der Waals surface area contributed by atoms with Crippen LogP contribution in [0.15, 0.2) is 72.8 Å². The van der Waals surface area contributed by atoms with Gasteiger partial charge in [-0.3, -0.25) is 4.79 Å². The van der Waals surface area contributed by atoms with Crippen molar-refractivity contribution in [1.82, 2.24) is 0 Å². The third kappa shape index (κ3) is 7.07. The van der Waals surface area contributed by atoms with E-state index in [4.69, 9.17) is 4.74 Å². The molecule has 0 spiro atoms. The largest absolute Gasteiger partial charge is 0.460 e. The number of anilines is 2. The van der Waals surface area contributed by atoms with E-state index in [0.717, 1.165) is 29.9 Å². The van der Waals surface area contributed by atoms with Crippen LogP contribution in [0.5, 0.6) is 0 Å². The van der Waals surface area contributed by atoms with E-state index in [1.807, 2.05) is 24.3 Å². The summed E-state index contributed by atoms with van der Waals surface area (Å²) < 4.78 is 5.30. The molecule has 34 heavy (non-hydrogen) atoms. The van der Waals surface area contributed by atoms with Gasteiger partial charge in [0, 0.05) is 36.6 Å². The number of Topliss-reactive ketones (excluding diaryl/α,β-unsaturated/α-hetero) is 1. The highest BCUT2D eigenvalue weighted by Crippen LogP contribution is 2.17. The molecule has 3 rings (SSSR count). The zero-order valence-electron chi connectivity index (χ0n) is 20.1. The van der Waals surface area contributed by atoms with Gasteiger partial charge in [0.25, 0.3) is 0 Å². The summed E-state index contributed by atoms with van der Waals surface area (Å²) in [6, 6.07) is 23.2. The molecule has 0 aliphatic carbocycles. The van der Waals surface area contributed by atoms with Gasteiger partial charge in [-0.25, -0.2) is 4.79 Å². The average Bonchev–Trinajstić information content (AvgIpc) is 2.87. The van der Waals surface area contributed by atoms with Crippen molar-refractivity contribution in [3.63, 3.8) is 0 Å². The van der Waals surface area contributed by atoms with E-state index in [2.05, 4.69) is 60.5 Å². The van der Waals surface area contributed by atoms with Crippen LogP contribution in [0.25, 0.3) is 12.2 Å². The summed E-state index contributed by atoms with van der Waals surface area (Å²) in [7, 11) is 0. The third-order valence-electron chi connectivity index (χ3n) is 5.59. The van der Waals surface area contributed by atoms with Gasteiger partial charge in [0.15, 0.2) is 5.78 Å². The molecule has 1 N–H and O–H groups in total. The first-order valence-corrected chi connectivity index (χ1v) is 11.6. The second-order valence-corrected chi connectivity index (χ2v) is 7.92. The number of carbonyl (C=O) groups excluding carboxylic acids is 2. The fraction of sp³-hybridized carbons (Fsp3) is 0.241. The molecule has 3 aromatic carbocycles. The molecule has 0 unspecified atom stereocenters. The first kappa shape index (κ1) is 24.8. The normalized spacial score (nSPS) is 10.8. The highest BCUT2D eigenvalue weighted by molar-refractivity contribution is 5.96. The van der Waals surface area contributed by atoms with Crippen LogP contribution in [0, 0.1) is 0 Å². The van der Waals surface area contributed by atoms with Gasteiger partial charge in [-0.05, 0) is 68.3 Å². The van der Waals surface area contributed by atoms with Gasteiger partial charge in [-0.1, -0.05) is 48.6 Å². The van der Waals surface area contributed by atoms with Crippen LogP contribution in [0.2, 0.25) is 0 Å². The Morgan fingerprint density at radius 2 is 1.32 bits per heavy atom. The lowest BCUT2D eigenvalue weighted by atomic mass is 10.1. The fourth-order valence-corrected chi connectivity index (χ4v) is 3.55. The fourth-order valence-electron chi connectivity index (χ4n) is 3.55. The Bertz CT molecular complexity index is 1100. The van der Waals surface area contributed by atoms with E-state index in [1.165, 1.54) is 12.6 Å². The summed E-state index contributed by atoms with van der Waals surface area (Å²) >= 11 is 0. The van der Waals surface area contributed by atoms with Crippen molar-refractivity contribution in [2.45, 2.75) is 20.8 Å². The Labute approximate surface area is 202 Å². The number of hydrogen-bond donors (Lipinski definition) is 1. The first-order chi connectivity index (χ1) is 16.5. The van der Waals surface area contributed by atoms with Crippen molar-refractivity contribution >= 4 is 35.3 Å². The highest BCUT2D eigenvalue weighted by Gasteiger charge is 2.08. The Balaban J connectivity index is 1.44. The summed E-state index contributed by atoms with van der Waals surface area (Å²) in [5.41, 5.74) is 5.49. The van der Waals surface area contributed by atoms with Crippen LogP contribution >= 0.6 is 0 Å². The smallest absolute Gasteiger partial charge is 0.338 e. The number of benzene rings is 3. The molecule has 0 saturated carbocycles. The maximum atomic E-state index is 12.1. The molecule has 0 saturated heterocycles. The molecule has 0 fully saturated rings. The minimum Gasteiger partial charge on any atom is -0.460 e. The predicted molar refractivity (Wildman–Crippen MR) is 141 cm³/mol. The molecule has 5 heteroatoms. The topological polar surface area (TPSA) is 58.6 Å². The van der Waals surface area contributed by atoms with E-state index in [9.17, 15) is 9.59 Å². The average molecular weight is 457 g/mol. The van der Waals surface area contributed by atoms with Crippen LogP contribution in [-0.2, 0) is 4.74 Å². The van der Waals surface area contributed by atoms with E-state index in [1.54, 1.807) is 24.3 Å². The number of ether oxygens (including phenoxy) is 1. The summed E-state index contributed by atoms with van der Waals surface area (Å²) in [6.45, 7) is 8.59. The van der Waals surface area contributed by atoms with Gasteiger partial charge in [0.1, 0.15) is 6.61 Å². The minimum atomic E-state index is -0.400. The minimum absolute atomic E-state index is 0.0323. The van der Waals surface area contributed by atoms with E-state index < -0.39 is 5.97 Å². The number of carbonyl (C=O) groups is 2. The second kappa shape index (κ2) is 12.4. The Hall–Kier alpha value is -3.86. The Morgan fingerprint density at radius 3 is 1.85 bits per heavy atom. The molecule has 0 heterocycles. The third-order valence-corrected chi connectivity index (χ3v) is 5.59. The van der Waals surface area contributed by atoms with Gasteiger partial charge in [0.2, 0.25) is 0 Å². The maximum absolute atomic E-state index is 12.1. The van der Waals surface area contributed by atoms with Crippen LogP contribution in [-0.4, -0.2) is 38.0 Å². The number of nitrogens with one attached hydrogen (secondary N) is 1. The van der Waals surface area contributed by atoms with Crippen LogP contribution in [0.1, 0.15) is 52.6 Å². The van der Waals surface area contributed by atoms with Gasteiger partial charge >= 0.3 is 5.97 Å². The highest BCUT2D eigenvalue weighted by atomic mass is 16.5. The lowest BCUT2D eigenvalue weighted by molar-refractivity contribution is 0.0520. The Morgan fingerprint density at radius 1 is 0.794 bits per heavy atom. The van der Waals surface area contributed by atoms with E-state index >= 15 is 0 Å². The lowest BCUT2D eigenvalue weighted by Crippen LogP contribution is -2.21. The first-order valence-electron chi connectivity index (χ1n) is 11.6. The standard InChI is InChI=1S/C29H32N2O3/c1-4-31(5-2)28-18-10-24(11-19-28)7-6-23-8-16-27(17-9-23)30-20-21-34-29(33)26-14-12-25(13-15-26)22(3)32/h6-19,30H,4-5,20-21H2,1-3H3/b7-6+. The monoisotopic (exact) mass is 456 g/mol. The number of rotatable bonds is 11. The van der Waals surface area contributed by atoms with Crippen LogP contribution < -0.4 is 10.2 Å². The molecular formula is C29H32N2O3. The zero-order valence-corrected chi connectivity index (χ0v) is 20.1. The molecule has 3 aromatic rings. The Kier molecular flexibility index (Phi) is 9.04. The molecule has 0 bridgehead atoms. The second-order valence-electron chi connectivity index (χ2n) is 7.92. The number of esters is 1. The lowest BCUT2D eigenvalue weighted by Gasteiger charge is -2.20. The van der Waals surface area contributed by atoms with Crippen molar-refractivity contribution < 1.29 is 14.3 Å². The summed E-state index contributed by atoms with van der Waals surface area (Å²) in [5, 5.41) is 3.25.